The Balaban J connectivity index is 2.13. The molecule has 0 fully saturated rings. The van der Waals surface area contributed by atoms with Crippen LogP contribution in [-0.2, 0) is 11.2 Å². The molecule has 94 valence electrons. The number of carbonyl (C=O) groups is 2. The molecule has 1 rings (SSSR count). The first-order valence-electron chi connectivity index (χ1n) is 5.57. The summed E-state index contributed by atoms with van der Waals surface area (Å²) >= 11 is 1.51. The maximum Gasteiger partial charge on any atom is 0.333 e. The molecule has 0 aromatic carbocycles. The highest BCUT2D eigenvalue weighted by Gasteiger charge is 2.05. The van der Waals surface area contributed by atoms with Crippen LogP contribution in [0.1, 0.15) is 24.6 Å². The third-order valence-corrected chi connectivity index (χ3v) is 2.92. The Morgan fingerprint density at radius 1 is 1.35 bits per heavy atom. The van der Waals surface area contributed by atoms with Gasteiger partial charge in [0.05, 0.1) is 6.42 Å². The molecule has 17 heavy (non-hydrogen) atoms. The van der Waals surface area contributed by atoms with E-state index in [0.29, 0.717) is 6.54 Å². The van der Waals surface area contributed by atoms with Crippen molar-refractivity contribution in [1.82, 2.24) is 16.2 Å². The van der Waals surface area contributed by atoms with Gasteiger partial charge in [-0.25, -0.2) is 10.2 Å². The molecule has 0 aliphatic carbocycles. The fraction of sp³-hybridized carbons (Fsp3) is 0.455. The number of hydrogen-bond acceptors (Lipinski definition) is 3. The normalized spacial score (nSPS) is 9.71. The van der Waals surface area contributed by atoms with Crippen molar-refractivity contribution < 1.29 is 9.59 Å². The van der Waals surface area contributed by atoms with Crippen molar-refractivity contribution in [3.8, 4) is 0 Å². The minimum absolute atomic E-state index is 0.224. The summed E-state index contributed by atoms with van der Waals surface area (Å²) in [6, 6.07) is 3.39. The number of hydrazine groups is 1. The summed E-state index contributed by atoms with van der Waals surface area (Å²) in [4.78, 5) is 23.6. The number of nitrogens with one attached hydrogen (secondary N) is 3. The Morgan fingerprint density at radius 2 is 2.18 bits per heavy atom. The van der Waals surface area contributed by atoms with Gasteiger partial charge >= 0.3 is 6.03 Å². The maximum atomic E-state index is 11.4. The molecule has 6 heteroatoms. The molecule has 0 bridgehead atoms. The molecule has 3 amide bonds. The second-order valence-corrected chi connectivity index (χ2v) is 4.57. The Morgan fingerprint density at radius 3 is 2.82 bits per heavy atom. The molecule has 0 aliphatic rings. The van der Waals surface area contributed by atoms with Crippen LogP contribution in [0, 0.1) is 0 Å². The fourth-order valence-electron chi connectivity index (χ4n) is 1.16. The zero-order chi connectivity index (χ0) is 12.5. The van der Waals surface area contributed by atoms with Gasteiger partial charge in [-0.05, 0) is 17.9 Å². The second-order valence-electron chi connectivity index (χ2n) is 3.54. The van der Waals surface area contributed by atoms with Crippen molar-refractivity contribution in [2.24, 2.45) is 0 Å². The van der Waals surface area contributed by atoms with Crippen LogP contribution >= 0.6 is 11.3 Å². The monoisotopic (exact) mass is 255 g/mol. The molecule has 0 saturated carbocycles. The fourth-order valence-corrected chi connectivity index (χ4v) is 1.87. The summed E-state index contributed by atoms with van der Waals surface area (Å²) in [5, 5.41) is 4.55. The van der Waals surface area contributed by atoms with Crippen molar-refractivity contribution in [1.29, 1.82) is 0 Å². The number of hydrogen-bond donors (Lipinski definition) is 3. The lowest BCUT2D eigenvalue weighted by molar-refractivity contribution is -0.121. The smallest absolute Gasteiger partial charge is 0.333 e. The minimum Gasteiger partial charge on any atom is -0.337 e. The molecule has 5 nitrogen and oxygen atoms in total. The lowest BCUT2D eigenvalue weighted by Crippen LogP contribution is -2.47. The first-order chi connectivity index (χ1) is 8.22. The number of urea groups is 1. The van der Waals surface area contributed by atoms with Gasteiger partial charge in [-0.1, -0.05) is 19.4 Å². The summed E-state index contributed by atoms with van der Waals surface area (Å²) in [5.74, 6) is -0.224. The van der Waals surface area contributed by atoms with E-state index in [1.54, 1.807) is 0 Å². The lowest BCUT2D eigenvalue weighted by atomic mass is 10.3. The molecule has 0 radical (unpaired) electrons. The molecule has 3 N–H and O–H groups in total. The number of thiophene rings is 1. The molecule has 1 heterocycles. The first-order valence-corrected chi connectivity index (χ1v) is 6.45. The van der Waals surface area contributed by atoms with Gasteiger partial charge < -0.3 is 5.32 Å². The van der Waals surface area contributed by atoms with E-state index in [9.17, 15) is 9.59 Å². The van der Waals surface area contributed by atoms with E-state index in [-0.39, 0.29) is 18.4 Å². The Kier molecular flexibility index (Phi) is 6.09. The van der Waals surface area contributed by atoms with E-state index in [2.05, 4.69) is 16.2 Å². The minimum atomic E-state index is -0.377. The number of rotatable bonds is 5. The molecular weight excluding hydrogens is 238 g/mol. The van der Waals surface area contributed by atoms with Crippen molar-refractivity contribution in [3.63, 3.8) is 0 Å². The van der Waals surface area contributed by atoms with Gasteiger partial charge in [-0.15, -0.1) is 11.3 Å². The van der Waals surface area contributed by atoms with E-state index >= 15 is 0 Å². The van der Waals surface area contributed by atoms with E-state index in [1.807, 2.05) is 24.4 Å². The molecular formula is C11H17N3O2S. The molecule has 0 atom stereocenters. The summed E-state index contributed by atoms with van der Waals surface area (Å²) in [6.07, 6.45) is 2.23. The maximum absolute atomic E-state index is 11.4. The Hall–Kier alpha value is -1.56. The topological polar surface area (TPSA) is 70.2 Å². The Labute approximate surface area is 105 Å². The summed E-state index contributed by atoms with van der Waals surface area (Å²) in [7, 11) is 0. The zero-order valence-electron chi connectivity index (χ0n) is 9.79. The average Bonchev–Trinajstić information content (AvgIpc) is 2.79. The van der Waals surface area contributed by atoms with Crippen LogP contribution in [0.4, 0.5) is 4.79 Å². The first kappa shape index (κ1) is 13.5. The average molecular weight is 255 g/mol. The van der Waals surface area contributed by atoms with Gasteiger partial charge in [0.15, 0.2) is 0 Å². The van der Waals surface area contributed by atoms with Crippen LogP contribution in [0.5, 0.6) is 0 Å². The quantitative estimate of drug-likeness (QED) is 0.550. The lowest BCUT2D eigenvalue weighted by Gasteiger charge is -2.07. The van der Waals surface area contributed by atoms with E-state index in [4.69, 9.17) is 0 Å². The summed E-state index contributed by atoms with van der Waals surface area (Å²) in [6.45, 7) is 2.66. The van der Waals surface area contributed by atoms with E-state index in [1.165, 1.54) is 11.3 Å². The number of unbranched alkanes of at least 4 members (excludes halogenated alkanes) is 1. The zero-order valence-corrected chi connectivity index (χ0v) is 10.6. The van der Waals surface area contributed by atoms with Gasteiger partial charge in [0.2, 0.25) is 5.91 Å². The van der Waals surface area contributed by atoms with E-state index in [0.717, 1.165) is 17.7 Å². The van der Waals surface area contributed by atoms with Crippen molar-refractivity contribution in [2.75, 3.05) is 6.54 Å². The predicted octanol–water partition coefficient (Wildman–Crippen LogP) is 1.42. The highest BCUT2D eigenvalue weighted by Crippen LogP contribution is 2.08. The summed E-state index contributed by atoms with van der Waals surface area (Å²) in [5.41, 5.74) is 4.66. The van der Waals surface area contributed by atoms with Crippen LogP contribution in [0.25, 0.3) is 0 Å². The largest absolute Gasteiger partial charge is 0.337 e. The molecule has 0 aliphatic heterocycles. The highest BCUT2D eigenvalue weighted by atomic mass is 32.1. The van der Waals surface area contributed by atoms with Gasteiger partial charge in [0.1, 0.15) is 0 Å². The van der Waals surface area contributed by atoms with Crippen LogP contribution in [0.15, 0.2) is 17.5 Å². The predicted molar refractivity (Wildman–Crippen MR) is 67.6 cm³/mol. The standard InChI is InChI=1S/C11H17N3O2S/c1-2-3-6-12-11(16)14-13-10(15)8-9-5-4-7-17-9/h4-5,7H,2-3,6,8H2,1H3,(H,13,15)(H2,12,14,16). The van der Waals surface area contributed by atoms with Crippen LogP contribution in [0.3, 0.4) is 0 Å². The molecule has 1 aromatic rings. The second kappa shape index (κ2) is 7.67. The van der Waals surface area contributed by atoms with Crippen LogP contribution < -0.4 is 16.2 Å². The van der Waals surface area contributed by atoms with Crippen LogP contribution in [0.2, 0.25) is 0 Å². The molecule has 0 spiro atoms. The van der Waals surface area contributed by atoms with Crippen molar-refractivity contribution in [3.05, 3.63) is 22.4 Å². The van der Waals surface area contributed by atoms with Crippen molar-refractivity contribution >= 4 is 23.3 Å². The van der Waals surface area contributed by atoms with Gasteiger partial charge in [0.25, 0.3) is 0 Å². The Bertz CT molecular complexity index is 352. The van der Waals surface area contributed by atoms with Crippen LogP contribution in [-0.4, -0.2) is 18.5 Å². The number of carbonyl (C=O) groups excluding carboxylic acids is 2. The molecule has 0 unspecified atom stereocenters. The third-order valence-electron chi connectivity index (χ3n) is 2.05. The van der Waals surface area contributed by atoms with Gasteiger partial charge in [-0.2, -0.15) is 0 Å². The van der Waals surface area contributed by atoms with Gasteiger partial charge in [0, 0.05) is 11.4 Å². The SMILES string of the molecule is CCCCNC(=O)NNC(=O)Cc1cccs1. The molecule has 1 aromatic heterocycles. The highest BCUT2D eigenvalue weighted by molar-refractivity contribution is 7.10. The van der Waals surface area contributed by atoms with Gasteiger partial charge in [-0.3, -0.25) is 10.2 Å². The number of amides is 3. The molecule has 0 saturated heterocycles. The summed E-state index contributed by atoms with van der Waals surface area (Å²) < 4.78 is 0. The van der Waals surface area contributed by atoms with Crippen molar-refractivity contribution in [2.45, 2.75) is 26.2 Å². The third kappa shape index (κ3) is 5.91. The van der Waals surface area contributed by atoms with E-state index < -0.39 is 0 Å².